The van der Waals surface area contributed by atoms with E-state index < -0.39 is 0 Å². The van der Waals surface area contributed by atoms with Crippen LogP contribution in [0.4, 0.5) is 11.5 Å². The number of alkyl halides is 1. The fourth-order valence-electron chi connectivity index (χ4n) is 1.57. The van der Waals surface area contributed by atoms with Gasteiger partial charge in [0.2, 0.25) is 0 Å². The topological polar surface area (TPSA) is 64.1 Å². The molecule has 0 atom stereocenters. The molecule has 0 saturated heterocycles. The molecule has 1 heterocycles. The molecule has 0 radical (unpaired) electrons. The second-order valence-electron chi connectivity index (χ2n) is 4.11. The van der Waals surface area contributed by atoms with Gasteiger partial charge in [0.1, 0.15) is 17.9 Å². The molecule has 2 rings (SSSR count). The van der Waals surface area contributed by atoms with Gasteiger partial charge in [-0.25, -0.2) is 9.97 Å². The monoisotopic (exact) mass is 291 g/mol. The summed E-state index contributed by atoms with van der Waals surface area (Å²) in [6, 6.07) is 8.91. The first kappa shape index (κ1) is 14.3. The minimum atomic E-state index is -0.352. The molecule has 1 aromatic carbocycles. The summed E-state index contributed by atoms with van der Waals surface area (Å²) in [4.78, 5) is 19.5. The van der Waals surface area contributed by atoms with Crippen LogP contribution in [0.15, 0.2) is 36.7 Å². The highest BCUT2D eigenvalue weighted by atomic mass is 35.5. The molecule has 0 saturated carbocycles. The minimum Gasteiger partial charge on any atom is -0.426 e. The molecule has 2 aromatic rings. The van der Waals surface area contributed by atoms with Crippen LogP contribution in [0.1, 0.15) is 12.1 Å². The first-order chi connectivity index (χ1) is 9.67. The molecular weight excluding hydrogens is 278 g/mol. The number of aromatic nitrogens is 2. The number of anilines is 2. The summed E-state index contributed by atoms with van der Waals surface area (Å²) in [6.07, 6.45) is 1.67. The minimum absolute atomic E-state index is 0.185. The van der Waals surface area contributed by atoms with Gasteiger partial charge < -0.3 is 10.1 Å². The lowest BCUT2D eigenvalue weighted by Gasteiger charge is -2.08. The number of hydrogen-bond acceptors (Lipinski definition) is 5. The van der Waals surface area contributed by atoms with Crippen LogP contribution in [0.2, 0.25) is 0 Å². The van der Waals surface area contributed by atoms with Crippen molar-refractivity contribution in [2.75, 3.05) is 11.2 Å². The average molecular weight is 292 g/mol. The Balaban J connectivity index is 2.08. The van der Waals surface area contributed by atoms with Crippen LogP contribution in [-0.4, -0.2) is 21.8 Å². The van der Waals surface area contributed by atoms with Crippen molar-refractivity contribution in [3.8, 4) is 5.75 Å². The van der Waals surface area contributed by atoms with Gasteiger partial charge in [0.15, 0.2) is 0 Å². The third kappa shape index (κ3) is 4.20. The van der Waals surface area contributed by atoms with Crippen molar-refractivity contribution in [1.82, 2.24) is 9.97 Å². The van der Waals surface area contributed by atoms with E-state index in [9.17, 15) is 4.79 Å². The molecule has 5 nitrogen and oxygen atoms in total. The molecule has 0 aliphatic rings. The Labute approximate surface area is 122 Å². The van der Waals surface area contributed by atoms with Gasteiger partial charge in [-0.1, -0.05) is 6.07 Å². The van der Waals surface area contributed by atoms with Crippen molar-refractivity contribution in [2.45, 2.75) is 13.3 Å². The fraction of sp³-hybridized carbons (Fsp3) is 0.214. The maximum Gasteiger partial charge on any atom is 0.312 e. The summed E-state index contributed by atoms with van der Waals surface area (Å²) in [7, 11) is 0. The van der Waals surface area contributed by atoms with Crippen molar-refractivity contribution in [3.05, 3.63) is 42.4 Å². The lowest BCUT2D eigenvalue weighted by atomic mass is 10.3. The molecule has 6 heteroatoms. The molecule has 0 amide bonds. The van der Waals surface area contributed by atoms with E-state index in [1.807, 2.05) is 19.1 Å². The highest BCUT2D eigenvalue weighted by Crippen LogP contribution is 2.20. The van der Waals surface area contributed by atoms with E-state index >= 15 is 0 Å². The van der Waals surface area contributed by atoms with Crippen LogP contribution in [0.5, 0.6) is 5.75 Å². The zero-order valence-electron chi connectivity index (χ0n) is 11.0. The summed E-state index contributed by atoms with van der Waals surface area (Å²) in [5, 5.41) is 3.12. The first-order valence-electron chi connectivity index (χ1n) is 6.10. The first-order valence-corrected chi connectivity index (χ1v) is 6.63. The molecule has 20 heavy (non-hydrogen) atoms. The van der Waals surface area contributed by atoms with Crippen LogP contribution in [0.3, 0.4) is 0 Å². The van der Waals surface area contributed by atoms with E-state index in [0.29, 0.717) is 11.6 Å². The molecule has 0 fully saturated rings. The Morgan fingerprint density at radius 2 is 2.20 bits per heavy atom. The van der Waals surface area contributed by atoms with Gasteiger partial charge >= 0.3 is 5.97 Å². The Bertz CT molecular complexity index is 604. The van der Waals surface area contributed by atoms with Crippen molar-refractivity contribution in [2.24, 2.45) is 0 Å². The number of hydrogen-bond donors (Lipinski definition) is 1. The van der Waals surface area contributed by atoms with Crippen LogP contribution in [0, 0.1) is 6.92 Å². The molecule has 0 spiro atoms. The highest BCUT2D eigenvalue weighted by Gasteiger charge is 2.05. The van der Waals surface area contributed by atoms with Gasteiger partial charge in [0.05, 0.1) is 6.42 Å². The summed E-state index contributed by atoms with van der Waals surface area (Å²) in [6.45, 7) is 1.89. The lowest BCUT2D eigenvalue weighted by molar-refractivity contribution is -0.133. The molecule has 1 aromatic heterocycles. The summed E-state index contributed by atoms with van der Waals surface area (Å²) >= 11 is 5.49. The van der Waals surface area contributed by atoms with Crippen molar-refractivity contribution in [1.29, 1.82) is 0 Å². The van der Waals surface area contributed by atoms with Gasteiger partial charge in [0, 0.05) is 29.4 Å². The predicted molar refractivity (Wildman–Crippen MR) is 77.5 cm³/mol. The maximum absolute atomic E-state index is 11.4. The van der Waals surface area contributed by atoms with Crippen molar-refractivity contribution >= 4 is 29.1 Å². The van der Waals surface area contributed by atoms with Gasteiger partial charge in [-0.05, 0) is 19.1 Å². The number of aryl methyl sites for hydroxylation is 1. The van der Waals surface area contributed by atoms with E-state index in [1.54, 1.807) is 18.2 Å². The number of halogens is 1. The standard InChI is InChI=1S/C14H14ClN3O2/c1-10-7-13(17-9-16-10)18-11-3-2-4-12(8-11)20-14(19)5-6-15/h2-4,7-9H,5-6H2,1H3,(H,16,17,18). The Morgan fingerprint density at radius 1 is 1.35 bits per heavy atom. The molecule has 0 aliphatic carbocycles. The Hall–Kier alpha value is -2.14. The van der Waals surface area contributed by atoms with E-state index in [1.165, 1.54) is 6.33 Å². The number of carbonyl (C=O) groups is 1. The van der Waals surface area contributed by atoms with Gasteiger partial charge in [-0.2, -0.15) is 0 Å². The Morgan fingerprint density at radius 3 is 2.95 bits per heavy atom. The van der Waals surface area contributed by atoms with Crippen LogP contribution >= 0.6 is 11.6 Å². The van der Waals surface area contributed by atoms with Crippen LogP contribution < -0.4 is 10.1 Å². The third-order valence-corrected chi connectivity index (χ3v) is 2.63. The van der Waals surface area contributed by atoms with Crippen molar-refractivity contribution in [3.63, 3.8) is 0 Å². The zero-order valence-corrected chi connectivity index (χ0v) is 11.7. The van der Waals surface area contributed by atoms with Crippen molar-refractivity contribution < 1.29 is 9.53 Å². The molecule has 1 N–H and O–H groups in total. The second kappa shape index (κ2) is 6.86. The number of esters is 1. The molecule has 0 aliphatic heterocycles. The van der Waals surface area contributed by atoms with Gasteiger partial charge in [-0.15, -0.1) is 11.6 Å². The second-order valence-corrected chi connectivity index (χ2v) is 4.49. The third-order valence-electron chi connectivity index (χ3n) is 2.44. The van der Waals surface area contributed by atoms with E-state index in [2.05, 4.69) is 15.3 Å². The molecular formula is C14H14ClN3O2. The summed E-state index contributed by atoms with van der Waals surface area (Å²) < 4.78 is 5.16. The van der Waals surface area contributed by atoms with E-state index in [4.69, 9.17) is 16.3 Å². The SMILES string of the molecule is Cc1cc(Nc2cccc(OC(=O)CCCl)c2)ncn1. The fourth-order valence-corrected chi connectivity index (χ4v) is 1.72. The quantitative estimate of drug-likeness (QED) is 0.521. The predicted octanol–water partition coefficient (Wildman–Crippen LogP) is 3.06. The number of nitrogens with zero attached hydrogens (tertiary/aromatic N) is 2. The molecule has 0 unspecified atom stereocenters. The largest absolute Gasteiger partial charge is 0.426 e. The number of carbonyl (C=O) groups excluding carboxylic acids is 1. The van der Waals surface area contributed by atoms with Crippen LogP contribution in [-0.2, 0) is 4.79 Å². The van der Waals surface area contributed by atoms with E-state index in [-0.39, 0.29) is 18.3 Å². The maximum atomic E-state index is 11.4. The number of nitrogens with one attached hydrogen (secondary N) is 1. The smallest absolute Gasteiger partial charge is 0.312 e. The molecule has 104 valence electrons. The Kier molecular flexibility index (Phi) is 4.90. The molecule has 0 bridgehead atoms. The lowest BCUT2D eigenvalue weighted by Crippen LogP contribution is -2.08. The van der Waals surface area contributed by atoms with Crippen LogP contribution in [0.25, 0.3) is 0 Å². The highest BCUT2D eigenvalue weighted by molar-refractivity contribution is 6.18. The number of ether oxygens (including phenoxy) is 1. The van der Waals surface area contributed by atoms with E-state index in [0.717, 1.165) is 11.4 Å². The zero-order chi connectivity index (χ0) is 14.4. The van der Waals surface area contributed by atoms with Gasteiger partial charge in [0.25, 0.3) is 0 Å². The summed E-state index contributed by atoms with van der Waals surface area (Å²) in [5.41, 5.74) is 1.64. The average Bonchev–Trinajstić information content (AvgIpc) is 2.39. The number of benzene rings is 1. The normalized spacial score (nSPS) is 10.1. The van der Waals surface area contributed by atoms with Gasteiger partial charge in [-0.3, -0.25) is 4.79 Å². The summed E-state index contributed by atoms with van der Waals surface area (Å²) in [5.74, 6) is 1.05. The number of rotatable bonds is 5.